The van der Waals surface area contributed by atoms with Gasteiger partial charge in [-0.1, -0.05) is 11.2 Å². The van der Waals surface area contributed by atoms with Crippen molar-refractivity contribution in [1.82, 2.24) is 14.9 Å². The molecule has 0 unspecified atom stereocenters. The van der Waals surface area contributed by atoms with Crippen LogP contribution >= 0.6 is 0 Å². The van der Waals surface area contributed by atoms with E-state index in [1.54, 1.807) is 12.1 Å². The highest BCUT2D eigenvalue weighted by atomic mass is 19.4. The van der Waals surface area contributed by atoms with Crippen molar-refractivity contribution in [1.29, 1.82) is 0 Å². The maximum atomic E-state index is 13.2. The molecule has 0 bridgehead atoms. The quantitative estimate of drug-likeness (QED) is 0.422. The molecular weight excluding hydrogens is 418 g/mol. The van der Waals surface area contributed by atoms with Gasteiger partial charge in [-0.3, -0.25) is 0 Å². The van der Waals surface area contributed by atoms with Crippen LogP contribution in [0.15, 0.2) is 53.6 Å². The molecule has 0 N–H and O–H groups in total. The average molecular weight is 430 g/mol. The number of benzene rings is 2. The molecule has 6 nitrogen and oxygen atoms in total. The van der Waals surface area contributed by atoms with Gasteiger partial charge in [0.25, 0.3) is 5.82 Å². The van der Waals surface area contributed by atoms with Crippen molar-refractivity contribution in [2.75, 3.05) is 7.11 Å². The monoisotopic (exact) mass is 430 g/mol. The maximum Gasteiger partial charge on any atom is 0.453 e. The topological polar surface area (TPSA) is 61.5 Å². The van der Waals surface area contributed by atoms with Crippen molar-refractivity contribution in [2.24, 2.45) is 5.10 Å². The molecule has 0 spiro atoms. The first-order valence-electron chi connectivity index (χ1n) is 8.14. The number of hydrogen-bond donors (Lipinski definition) is 0. The van der Waals surface area contributed by atoms with E-state index < -0.39 is 29.8 Å². The highest BCUT2D eigenvalue weighted by Crippen LogP contribution is 2.34. The van der Waals surface area contributed by atoms with Gasteiger partial charge in [0.15, 0.2) is 0 Å². The van der Waals surface area contributed by atoms with Crippen molar-refractivity contribution >= 4 is 6.21 Å². The number of rotatable bonds is 5. The summed E-state index contributed by atoms with van der Waals surface area (Å²) < 4.78 is 88.5. The molecular formula is C18H12F6N4O2. The summed E-state index contributed by atoms with van der Waals surface area (Å²) in [5.41, 5.74) is -0.619. The molecule has 0 radical (unpaired) electrons. The molecule has 0 aliphatic heterocycles. The fourth-order valence-corrected chi connectivity index (χ4v) is 2.27. The Bertz CT molecular complexity index is 1040. The summed E-state index contributed by atoms with van der Waals surface area (Å²) in [6.07, 6.45) is -8.51. The van der Waals surface area contributed by atoms with Crippen LogP contribution in [0.2, 0.25) is 0 Å². The number of halogens is 6. The van der Waals surface area contributed by atoms with Gasteiger partial charge in [0.05, 0.1) is 18.9 Å². The lowest BCUT2D eigenvalue weighted by Gasteiger charge is -2.10. The van der Waals surface area contributed by atoms with Crippen LogP contribution in [-0.4, -0.2) is 28.2 Å². The van der Waals surface area contributed by atoms with Gasteiger partial charge < -0.3 is 9.47 Å². The Morgan fingerprint density at radius 1 is 0.900 bits per heavy atom. The van der Waals surface area contributed by atoms with E-state index in [1.165, 1.54) is 19.2 Å². The highest BCUT2D eigenvalue weighted by molar-refractivity contribution is 5.79. The van der Waals surface area contributed by atoms with Gasteiger partial charge >= 0.3 is 18.4 Å². The van der Waals surface area contributed by atoms with Gasteiger partial charge in [-0.05, 0) is 48.0 Å². The maximum absolute atomic E-state index is 13.2. The molecule has 30 heavy (non-hydrogen) atoms. The largest absolute Gasteiger partial charge is 0.497 e. The summed E-state index contributed by atoms with van der Waals surface area (Å²) in [5, 5.41) is 9.95. The minimum absolute atomic E-state index is 0.254. The fraction of sp³-hybridized carbons (Fsp3) is 0.167. The van der Waals surface area contributed by atoms with Crippen molar-refractivity contribution < 1.29 is 35.8 Å². The van der Waals surface area contributed by atoms with Crippen molar-refractivity contribution in [2.45, 2.75) is 12.4 Å². The summed E-state index contributed by atoms with van der Waals surface area (Å²) >= 11 is 0. The van der Waals surface area contributed by atoms with E-state index in [1.807, 2.05) is 0 Å². The molecule has 0 amide bonds. The minimum atomic E-state index is -4.93. The van der Waals surface area contributed by atoms with Crippen LogP contribution in [-0.2, 0) is 12.4 Å². The molecule has 0 atom stereocenters. The first kappa shape index (κ1) is 21.1. The predicted octanol–water partition coefficient (Wildman–Crippen LogP) is 5.00. The molecule has 0 aliphatic carbocycles. The van der Waals surface area contributed by atoms with Crippen molar-refractivity contribution in [3.05, 3.63) is 65.5 Å². The van der Waals surface area contributed by atoms with Crippen LogP contribution in [0, 0.1) is 0 Å². The summed E-state index contributed by atoms with van der Waals surface area (Å²) in [6.45, 7) is 0. The van der Waals surface area contributed by atoms with E-state index in [-0.39, 0.29) is 10.4 Å². The summed E-state index contributed by atoms with van der Waals surface area (Å²) in [7, 11) is 1.45. The second-order valence-corrected chi connectivity index (χ2v) is 5.76. The zero-order chi connectivity index (χ0) is 21.9. The number of methoxy groups -OCH3 is 1. The Balaban J connectivity index is 1.96. The van der Waals surface area contributed by atoms with Gasteiger partial charge in [-0.2, -0.15) is 36.1 Å². The third-order valence-corrected chi connectivity index (χ3v) is 3.67. The number of ether oxygens (including phenoxy) is 2. The van der Waals surface area contributed by atoms with Gasteiger partial charge in [-0.15, -0.1) is 5.10 Å². The van der Waals surface area contributed by atoms with Crippen LogP contribution in [0.1, 0.15) is 17.0 Å². The Kier molecular flexibility index (Phi) is 5.67. The Hall–Kier alpha value is -3.57. The predicted molar refractivity (Wildman–Crippen MR) is 92.5 cm³/mol. The third kappa shape index (κ3) is 4.88. The highest BCUT2D eigenvalue weighted by Gasteiger charge is 2.39. The average Bonchev–Trinajstić information content (AvgIpc) is 3.09. The fourth-order valence-electron chi connectivity index (χ4n) is 2.27. The van der Waals surface area contributed by atoms with Crippen LogP contribution in [0.4, 0.5) is 26.3 Å². The molecule has 0 aliphatic rings. The smallest absolute Gasteiger partial charge is 0.453 e. The van der Waals surface area contributed by atoms with Gasteiger partial charge in [-0.25, -0.2) is 0 Å². The molecule has 0 fully saturated rings. The molecule has 0 saturated heterocycles. The Morgan fingerprint density at radius 2 is 1.60 bits per heavy atom. The molecule has 1 aromatic heterocycles. The lowest BCUT2D eigenvalue weighted by atomic mass is 10.2. The molecule has 12 heteroatoms. The van der Waals surface area contributed by atoms with Gasteiger partial charge in [0.1, 0.15) is 11.5 Å². The van der Waals surface area contributed by atoms with E-state index in [2.05, 4.69) is 15.3 Å². The summed E-state index contributed by atoms with van der Waals surface area (Å²) in [4.78, 5) is 0. The van der Waals surface area contributed by atoms with E-state index in [0.717, 1.165) is 24.4 Å². The first-order chi connectivity index (χ1) is 14.1. The van der Waals surface area contributed by atoms with Crippen LogP contribution in [0.25, 0.3) is 0 Å². The molecule has 3 rings (SSSR count). The molecule has 0 saturated carbocycles. The molecule has 1 heterocycles. The standard InChI is InChI=1S/C18H12F6N4O2/c1-29-13-7-5-11(6-8-13)10-25-28-15(18(22,23)24)26-27-16(28)30-14-4-2-3-12(9-14)17(19,20)21/h2-10H,1H3/b25-10+. The van der Waals surface area contributed by atoms with Gasteiger partial charge in [0, 0.05) is 0 Å². The van der Waals surface area contributed by atoms with Crippen molar-refractivity contribution in [3.8, 4) is 17.5 Å². The second kappa shape index (κ2) is 8.05. The first-order valence-corrected chi connectivity index (χ1v) is 8.14. The normalized spacial score (nSPS) is 12.4. The summed E-state index contributed by atoms with van der Waals surface area (Å²) in [5.74, 6) is -1.36. The third-order valence-electron chi connectivity index (χ3n) is 3.67. The molecule has 2 aromatic carbocycles. The molecule has 3 aromatic rings. The van der Waals surface area contributed by atoms with E-state index in [0.29, 0.717) is 17.4 Å². The zero-order valence-electron chi connectivity index (χ0n) is 15.1. The van der Waals surface area contributed by atoms with Gasteiger partial charge in [0.2, 0.25) is 0 Å². The minimum Gasteiger partial charge on any atom is -0.497 e. The lowest BCUT2D eigenvalue weighted by molar-refractivity contribution is -0.147. The molecule has 158 valence electrons. The van der Waals surface area contributed by atoms with E-state index in [4.69, 9.17) is 9.47 Å². The van der Waals surface area contributed by atoms with E-state index >= 15 is 0 Å². The lowest BCUT2D eigenvalue weighted by Crippen LogP contribution is -2.13. The summed E-state index contributed by atoms with van der Waals surface area (Å²) in [6, 6.07) is 9.04. The Morgan fingerprint density at radius 3 is 2.20 bits per heavy atom. The Labute approximate surface area is 165 Å². The van der Waals surface area contributed by atoms with Crippen LogP contribution < -0.4 is 9.47 Å². The van der Waals surface area contributed by atoms with Crippen LogP contribution in [0.5, 0.6) is 17.5 Å². The second-order valence-electron chi connectivity index (χ2n) is 5.76. The number of alkyl halides is 6. The number of aromatic nitrogens is 3. The van der Waals surface area contributed by atoms with E-state index in [9.17, 15) is 26.3 Å². The number of hydrogen-bond acceptors (Lipinski definition) is 5. The SMILES string of the molecule is COc1ccc(/C=N/n2c(Oc3cccc(C(F)(F)F)c3)nnc2C(F)(F)F)cc1. The van der Waals surface area contributed by atoms with Crippen LogP contribution in [0.3, 0.4) is 0 Å². The van der Waals surface area contributed by atoms with Crippen molar-refractivity contribution in [3.63, 3.8) is 0 Å². The zero-order valence-corrected chi connectivity index (χ0v) is 15.1. The number of nitrogens with zero attached hydrogens (tertiary/aromatic N) is 4.